The maximum absolute atomic E-state index is 6.42. The molecule has 0 spiro atoms. The summed E-state index contributed by atoms with van der Waals surface area (Å²) in [5.74, 6) is 1.26. The number of nitrogens with two attached hydrogens (primary N) is 1. The van der Waals surface area contributed by atoms with Gasteiger partial charge in [0.25, 0.3) is 0 Å². The number of hydrogen-bond acceptors (Lipinski definition) is 5. The lowest BCUT2D eigenvalue weighted by Gasteiger charge is -2.16. The number of hydrogen-bond donors (Lipinski definition) is 1. The third-order valence-corrected chi connectivity index (χ3v) is 3.84. The lowest BCUT2D eigenvalue weighted by atomic mass is 10.0. The van der Waals surface area contributed by atoms with Crippen LogP contribution >= 0.6 is 24.0 Å². The van der Waals surface area contributed by atoms with Gasteiger partial charge < -0.3 is 15.2 Å². The predicted molar refractivity (Wildman–Crippen MR) is 97.4 cm³/mol. The molecule has 1 atom stereocenters. The molecule has 7 heteroatoms. The number of methoxy groups -OCH3 is 2. The summed E-state index contributed by atoms with van der Waals surface area (Å²) < 4.78 is 10.6. The molecular weight excluding hydrogens is 349 g/mol. The summed E-state index contributed by atoms with van der Waals surface area (Å²) in [5.41, 5.74) is 8.71. The maximum atomic E-state index is 6.42. The number of para-hydroxylation sites is 1. The van der Waals surface area contributed by atoms with Gasteiger partial charge in [-0.15, -0.1) is 12.4 Å². The predicted octanol–water partition coefficient (Wildman–Crippen LogP) is 3.77. The Morgan fingerprint density at radius 1 is 1.00 bits per heavy atom. The number of nitrogens with zero attached hydrogens (tertiary/aromatic N) is 2. The number of benzene rings is 2. The molecule has 1 unspecified atom stereocenters. The molecule has 5 nitrogen and oxygen atoms in total. The zero-order valence-corrected chi connectivity index (χ0v) is 14.8. The Bertz CT molecular complexity index is 858. The SMILES string of the molecule is COc1ccc(C(N)c2nc(Cl)nc3ccccc23)cc1OC.Cl. The molecule has 0 amide bonds. The molecule has 3 rings (SSSR count). The fraction of sp³-hybridized carbons (Fsp3) is 0.176. The van der Waals surface area contributed by atoms with E-state index in [1.807, 2.05) is 42.5 Å². The minimum atomic E-state index is -0.458. The van der Waals surface area contributed by atoms with E-state index in [1.54, 1.807) is 14.2 Å². The number of ether oxygens (including phenoxy) is 2. The summed E-state index contributed by atoms with van der Waals surface area (Å²) in [4.78, 5) is 8.56. The second-order valence-electron chi connectivity index (χ2n) is 4.99. The Kier molecular flexibility index (Phi) is 5.83. The van der Waals surface area contributed by atoms with E-state index in [-0.39, 0.29) is 17.7 Å². The van der Waals surface area contributed by atoms with Crippen LogP contribution in [0, 0.1) is 0 Å². The van der Waals surface area contributed by atoms with Gasteiger partial charge in [0.05, 0.1) is 31.5 Å². The van der Waals surface area contributed by atoms with Crippen molar-refractivity contribution in [1.29, 1.82) is 0 Å². The highest BCUT2D eigenvalue weighted by molar-refractivity contribution is 6.28. The largest absolute Gasteiger partial charge is 0.493 e. The highest BCUT2D eigenvalue weighted by Crippen LogP contribution is 2.32. The summed E-state index contributed by atoms with van der Waals surface area (Å²) >= 11 is 6.04. The van der Waals surface area contributed by atoms with Crippen molar-refractivity contribution in [1.82, 2.24) is 9.97 Å². The quantitative estimate of drug-likeness (QED) is 0.712. The summed E-state index contributed by atoms with van der Waals surface area (Å²) in [5, 5.41) is 1.05. The van der Waals surface area contributed by atoms with Gasteiger partial charge in [-0.25, -0.2) is 9.97 Å². The van der Waals surface area contributed by atoms with Crippen LogP contribution in [0.25, 0.3) is 10.9 Å². The van der Waals surface area contributed by atoms with E-state index in [9.17, 15) is 0 Å². The Morgan fingerprint density at radius 2 is 1.71 bits per heavy atom. The molecule has 0 saturated carbocycles. The van der Waals surface area contributed by atoms with Crippen LogP contribution < -0.4 is 15.2 Å². The molecular formula is C17H17Cl2N3O2. The summed E-state index contributed by atoms with van der Waals surface area (Å²) in [6, 6.07) is 12.7. The molecule has 1 aromatic heterocycles. The van der Waals surface area contributed by atoms with Gasteiger partial charge in [0, 0.05) is 5.39 Å². The molecule has 0 saturated heterocycles. The lowest BCUT2D eigenvalue weighted by Crippen LogP contribution is -2.15. The molecule has 126 valence electrons. The number of fused-ring (bicyclic) bond motifs is 1. The first-order valence-corrected chi connectivity index (χ1v) is 7.41. The van der Waals surface area contributed by atoms with Gasteiger partial charge >= 0.3 is 0 Å². The molecule has 3 aromatic rings. The first-order chi connectivity index (χ1) is 11.1. The summed E-state index contributed by atoms with van der Waals surface area (Å²) in [6.45, 7) is 0. The van der Waals surface area contributed by atoms with Crippen molar-refractivity contribution in [2.24, 2.45) is 5.73 Å². The van der Waals surface area contributed by atoms with Crippen molar-refractivity contribution >= 4 is 34.9 Å². The van der Waals surface area contributed by atoms with E-state index >= 15 is 0 Å². The van der Waals surface area contributed by atoms with Crippen LogP contribution in [0.5, 0.6) is 11.5 Å². The van der Waals surface area contributed by atoms with Gasteiger partial charge in [0.1, 0.15) is 0 Å². The Hall–Kier alpha value is -2.08. The Balaban J connectivity index is 0.00000208. The fourth-order valence-corrected chi connectivity index (χ4v) is 2.70. The zero-order chi connectivity index (χ0) is 16.4. The molecule has 0 radical (unpaired) electrons. The third-order valence-electron chi connectivity index (χ3n) is 3.67. The molecule has 0 bridgehead atoms. The first kappa shape index (κ1) is 18.3. The van der Waals surface area contributed by atoms with Gasteiger partial charge in [-0.2, -0.15) is 0 Å². The first-order valence-electron chi connectivity index (χ1n) is 7.03. The normalized spacial score (nSPS) is 11.7. The van der Waals surface area contributed by atoms with Crippen LogP contribution in [0.4, 0.5) is 0 Å². The van der Waals surface area contributed by atoms with Crippen molar-refractivity contribution in [2.45, 2.75) is 6.04 Å². The van der Waals surface area contributed by atoms with Crippen molar-refractivity contribution in [3.8, 4) is 11.5 Å². The van der Waals surface area contributed by atoms with Gasteiger partial charge in [-0.1, -0.05) is 24.3 Å². The summed E-state index contributed by atoms with van der Waals surface area (Å²) in [6.07, 6.45) is 0. The van der Waals surface area contributed by atoms with Crippen molar-refractivity contribution in [3.05, 3.63) is 59.0 Å². The second kappa shape index (κ2) is 7.66. The van der Waals surface area contributed by atoms with E-state index in [2.05, 4.69) is 9.97 Å². The molecule has 2 aromatic carbocycles. The van der Waals surface area contributed by atoms with Gasteiger partial charge in [0.15, 0.2) is 11.5 Å². The van der Waals surface area contributed by atoms with E-state index in [1.165, 1.54) is 0 Å². The van der Waals surface area contributed by atoms with Crippen LogP contribution in [-0.4, -0.2) is 24.2 Å². The molecule has 0 aliphatic rings. The van der Waals surface area contributed by atoms with Crippen molar-refractivity contribution < 1.29 is 9.47 Å². The minimum absolute atomic E-state index is 0. The topological polar surface area (TPSA) is 70.3 Å². The average molecular weight is 366 g/mol. The van der Waals surface area contributed by atoms with Gasteiger partial charge in [-0.3, -0.25) is 0 Å². The lowest BCUT2D eigenvalue weighted by molar-refractivity contribution is 0.354. The number of aromatic nitrogens is 2. The Labute approximate surface area is 151 Å². The van der Waals surface area contributed by atoms with Crippen molar-refractivity contribution in [2.75, 3.05) is 14.2 Å². The monoisotopic (exact) mass is 365 g/mol. The number of rotatable bonds is 4. The maximum Gasteiger partial charge on any atom is 0.223 e. The van der Waals surface area contributed by atoms with Gasteiger partial charge in [0.2, 0.25) is 5.28 Å². The molecule has 2 N–H and O–H groups in total. The van der Waals surface area contributed by atoms with Crippen LogP contribution in [0.15, 0.2) is 42.5 Å². The number of halogens is 2. The average Bonchev–Trinajstić information content (AvgIpc) is 2.59. The molecule has 0 aliphatic heterocycles. The van der Waals surface area contributed by atoms with Crippen LogP contribution in [0.1, 0.15) is 17.3 Å². The Morgan fingerprint density at radius 3 is 2.42 bits per heavy atom. The van der Waals surface area contributed by atoms with Crippen LogP contribution in [-0.2, 0) is 0 Å². The standard InChI is InChI=1S/C17H16ClN3O2.ClH/c1-22-13-8-7-10(9-14(13)23-2)15(19)16-11-5-3-4-6-12(11)20-17(18)21-16;/h3-9,15H,19H2,1-2H3;1H. The third kappa shape index (κ3) is 3.38. The van der Waals surface area contributed by atoms with Crippen LogP contribution in [0.2, 0.25) is 5.28 Å². The highest BCUT2D eigenvalue weighted by Gasteiger charge is 2.17. The van der Waals surface area contributed by atoms with E-state index < -0.39 is 6.04 Å². The summed E-state index contributed by atoms with van der Waals surface area (Å²) in [7, 11) is 3.18. The second-order valence-corrected chi connectivity index (χ2v) is 5.33. The van der Waals surface area contributed by atoms with Crippen LogP contribution in [0.3, 0.4) is 0 Å². The highest BCUT2D eigenvalue weighted by atomic mass is 35.5. The fourth-order valence-electron chi connectivity index (χ4n) is 2.51. The smallest absolute Gasteiger partial charge is 0.223 e. The molecule has 1 heterocycles. The van der Waals surface area contributed by atoms with Gasteiger partial charge in [-0.05, 0) is 35.4 Å². The molecule has 24 heavy (non-hydrogen) atoms. The van der Waals surface area contributed by atoms with E-state index in [0.717, 1.165) is 16.5 Å². The van der Waals surface area contributed by atoms with E-state index in [4.69, 9.17) is 26.8 Å². The zero-order valence-electron chi connectivity index (χ0n) is 13.2. The van der Waals surface area contributed by atoms with Crippen molar-refractivity contribution in [3.63, 3.8) is 0 Å². The molecule has 0 fully saturated rings. The minimum Gasteiger partial charge on any atom is -0.493 e. The van der Waals surface area contributed by atoms with E-state index in [0.29, 0.717) is 17.2 Å². The molecule has 0 aliphatic carbocycles.